The standard InChI is InChI=1S/C30H31ClN2O2/c31-23-8-4-9-24(20-23)32-30(35)28-13-12-27-25(10-5-11-29(27)34)26(28)16-19-33-17-14-22(15-18-33)21-6-2-1-3-7-21/h1-4,6-9,12-13,20,22H,5,10-11,14-19H2,(H,32,35). The molecule has 0 saturated carbocycles. The summed E-state index contributed by atoms with van der Waals surface area (Å²) in [6.45, 7) is 3.00. The third-order valence-electron chi connectivity index (χ3n) is 7.43. The van der Waals surface area contributed by atoms with Crippen molar-refractivity contribution in [3.8, 4) is 0 Å². The lowest BCUT2D eigenvalue weighted by atomic mass is 9.83. The number of amides is 1. The molecule has 1 aliphatic heterocycles. The van der Waals surface area contributed by atoms with Gasteiger partial charge in [0.2, 0.25) is 0 Å². The Balaban J connectivity index is 1.33. The predicted molar refractivity (Wildman–Crippen MR) is 142 cm³/mol. The number of nitrogens with zero attached hydrogens (tertiary/aromatic N) is 1. The highest BCUT2D eigenvalue weighted by Crippen LogP contribution is 2.31. The highest BCUT2D eigenvalue weighted by atomic mass is 35.5. The number of benzene rings is 3. The quantitative estimate of drug-likeness (QED) is 0.430. The van der Waals surface area contributed by atoms with Crippen LogP contribution in [0.5, 0.6) is 0 Å². The SMILES string of the molecule is O=C1CCCc2c1ccc(C(=O)Nc1cccc(Cl)c1)c2CCN1CCC(c2ccccc2)CC1. The molecule has 0 bridgehead atoms. The minimum atomic E-state index is -0.147. The zero-order chi connectivity index (χ0) is 24.2. The molecule has 2 aliphatic rings. The molecule has 0 radical (unpaired) electrons. The lowest BCUT2D eigenvalue weighted by molar-refractivity contribution is 0.0968. The summed E-state index contributed by atoms with van der Waals surface area (Å²) in [5.74, 6) is 0.664. The first-order chi connectivity index (χ1) is 17.1. The molecule has 35 heavy (non-hydrogen) atoms. The predicted octanol–water partition coefficient (Wildman–Crippen LogP) is 6.53. The highest BCUT2D eigenvalue weighted by Gasteiger charge is 2.26. The molecule has 0 spiro atoms. The van der Waals surface area contributed by atoms with Gasteiger partial charge in [0.25, 0.3) is 5.91 Å². The van der Waals surface area contributed by atoms with Crippen LogP contribution in [-0.4, -0.2) is 36.2 Å². The first kappa shape index (κ1) is 23.8. The number of piperidine rings is 1. The molecule has 5 rings (SSSR count). The Morgan fingerprint density at radius 3 is 2.54 bits per heavy atom. The Labute approximate surface area is 212 Å². The Morgan fingerprint density at radius 1 is 0.971 bits per heavy atom. The minimum Gasteiger partial charge on any atom is -0.322 e. The van der Waals surface area contributed by atoms with Crippen LogP contribution in [0.3, 0.4) is 0 Å². The van der Waals surface area contributed by atoms with Gasteiger partial charge in [0, 0.05) is 34.8 Å². The third kappa shape index (κ3) is 5.50. The van der Waals surface area contributed by atoms with Gasteiger partial charge in [-0.05, 0) is 92.1 Å². The molecule has 1 amide bonds. The maximum atomic E-state index is 13.3. The summed E-state index contributed by atoms with van der Waals surface area (Å²) in [6.07, 6.45) is 5.36. The van der Waals surface area contributed by atoms with E-state index < -0.39 is 0 Å². The van der Waals surface area contributed by atoms with E-state index in [-0.39, 0.29) is 11.7 Å². The number of halogens is 1. The van der Waals surface area contributed by atoms with Crippen molar-refractivity contribution in [3.63, 3.8) is 0 Å². The van der Waals surface area contributed by atoms with Crippen LogP contribution in [0.1, 0.15) is 69.0 Å². The van der Waals surface area contributed by atoms with Gasteiger partial charge in [-0.3, -0.25) is 9.59 Å². The Kier molecular flexibility index (Phi) is 7.31. The molecule has 0 unspecified atom stereocenters. The van der Waals surface area contributed by atoms with E-state index in [0.717, 1.165) is 68.4 Å². The van der Waals surface area contributed by atoms with Gasteiger partial charge in [0.05, 0.1) is 0 Å². The van der Waals surface area contributed by atoms with Crippen molar-refractivity contribution < 1.29 is 9.59 Å². The molecule has 1 saturated heterocycles. The van der Waals surface area contributed by atoms with Crippen LogP contribution in [0.15, 0.2) is 66.7 Å². The van der Waals surface area contributed by atoms with Crippen molar-refractivity contribution in [2.45, 2.75) is 44.4 Å². The van der Waals surface area contributed by atoms with Crippen LogP contribution >= 0.6 is 11.6 Å². The molecule has 0 atom stereocenters. The summed E-state index contributed by atoms with van der Waals surface area (Å²) in [7, 11) is 0. The number of anilines is 1. The molecule has 1 aliphatic carbocycles. The van der Waals surface area contributed by atoms with Crippen LogP contribution in [0.25, 0.3) is 0 Å². The van der Waals surface area contributed by atoms with Gasteiger partial charge in [-0.25, -0.2) is 0 Å². The molecule has 0 aromatic heterocycles. The minimum absolute atomic E-state index is 0.147. The number of carbonyl (C=O) groups is 2. The van der Waals surface area contributed by atoms with Gasteiger partial charge in [0.1, 0.15) is 0 Å². The van der Waals surface area contributed by atoms with Gasteiger partial charge in [-0.2, -0.15) is 0 Å². The van der Waals surface area contributed by atoms with Gasteiger partial charge in [0.15, 0.2) is 5.78 Å². The van der Waals surface area contributed by atoms with E-state index >= 15 is 0 Å². The molecule has 4 nitrogen and oxygen atoms in total. The summed E-state index contributed by atoms with van der Waals surface area (Å²) in [6, 6.07) is 21.7. The van der Waals surface area contributed by atoms with Crippen LogP contribution < -0.4 is 5.32 Å². The van der Waals surface area contributed by atoms with Gasteiger partial charge >= 0.3 is 0 Å². The van der Waals surface area contributed by atoms with E-state index in [2.05, 4.69) is 40.5 Å². The van der Waals surface area contributed by atoms with E-state index in [0.29, 0.717) is 28.6 Å². The summed E-state index contributed by atoms with van der Waals surface area (Å²) < 4.78 is 0. The highest BCUT2D eigenvalue weighted by molar-refractivity contribution is 6.31. The van der Waals surface area contributed by atoms with Gasteiger partial charge < -0.3 is 10.2 Å². The van der Waals surface area contributed by atoms with Crippen LogP contribution in [0.2, 0.25) is 5.02 Å². The summed E-state index contributed by atoms with van der Waals surface area (Å²) >= 11 is 6.11. The van der Waals surface area contributed by atoms with Gasteiger partial charge in [-0.1, -0.05) is 54.1 Å². The summed E-state index contributed by atoms with van der Waals surface area (Å²) in [5.41, 5.74) is 5.67. The third-order valence-corrected chi connectivity index (χ3v) is 7.66. The van der Waals surface area contributed by atoms with E-state index in [4.69, 9.17) is 11.6 Å². The number of hydrogen-bond acceptors (Lipinski definition) is 3. The number of carbonyl (C=O) groups excluding carboxylic acids is 2. The lowest BCUT2D eigenvalue weighted by Crippen LogP contribution is -2.35. The smallest absolute Gasteiger partial charge is 0.255 e. The summed E-state index contributed by atoms with van der Waals surface area (Å²) in [4.78, 5) is 28.4. The maximum absolute atomic E-state index is 13.3. The number of likely N-dealkylation sites (tertiary alicyclic amines) is 1. The number of fused-ring (bicyclic) bond motifs is 1. The summed E-state index contributed by atoms with van der Waals surface area (Å²) in [5, 5.41) is 3.58. The Morgan fingerprint density at radius 2 is 1.77 bits per heavy atom. The number of rotatable bonds is 6. The van der Waals surface area contributed by atoms with Crippen molar-refractivity contribution in [2.24, 2.45) is 0 Å². The molecular formula is C30H31ClN2O2. The first-order valence-corrected chi connectivity index (χ1v) is 13.0. The van der Waals surface area contributed by atoms with Crippen molar-refractivity contribution in [1.29, 1.82) is 0 Å². The molecule has 180 valence electrons. The van der Waals surface area contributed by atoms with E-state index in [1.165, 1.54) is 5.56 Å². The van der Waals surface area contributed by atoms with Crippen molar-refractivity contribution in [3.05, 3.63) is 99.6 Å². The zero-order valence-electron chi connectivity index (χ0n) is 19.9. The fourth-order valence-corrected chi connectivity index (χ4v) is 5.74. The van der Waals surface area contributed by atoms with Crippen LogP contribution in [0.4, 0.5) is 5.69 Å². The molecule has 3 aromatic rings. The number of nitrogens with one attached hydrogen (secondary N) is 1. The average molecular weight is 487 g/mol. The van der Waals surface area contributed by atoms with Crippen molar-refractivity contribution >= 4 is 29.0 Å². The number of ketones is 1. The van der Waals surface area contributed by atoms with Crippen molar-refractivity contribution in [1.82, 2.24) is 4.90 Å². The molecule has 1 N–H and O–H groups in total. The average Bonchev–Trinajstić information content (AvgIpc) is 2.88. The number of Topliss-reactive ketones (excluding diaryl/α,β-unsaturated/α-hetero) is 1. The molecule has 3 aromatic carbocycles. The molecule has 1 fully saturated rings. The maximum Gasteiger partial charge on any atom is 0.255 e. The fourth-order valence-electron chi connectivity index (χ4n) is 5.55. The lowest BCUT2D eigenvalue weighted by Gasteiger charge is -2.32. The van der Waals surface area contributed by atoms with Gasteiger partial charge in [-0.15, -0.1) is 0 Å². The molecule has 1 heterocycles. The molecular weight excluding hydrogens is 456 g/mol. The van der Waals surface area contributed by atoms with E-state index in [1.54, 1.807) is 12.1 Å². The van der Waals surface area contributed by atoms with Crippen molar-refractivity contribution in [2.75, 3.05) is 25.0 Å². The monoisotopic (exact) mass is 486 g/mol. The second-order valence-corrected chi connectivity index (χ2v) is 10.1. The van der Waals surface area contributed by atoms with Crippen LogP contribution in [0, 0.1) is 0 Å². The largest absolute Gasteiger partial charge is 0.322 e. The second-order valence-electron chi connectivity index (χ2n) is 9.64. The normalized spacial score (nSPS) is 16.7. The second kappa shape index (κ2) is 10.8. The topological polar surface area (TPSA) is 49.4 Å². The Bertz CT molecular complexity index is 1220. The van der Waals surface area contributed by atoms with Crippen LogP contribution in [-0.2, 0) is 12.8 Å². The van der Waals surface area contributed by atoms with E-state index in [1.807, 2.05) is 24.3 Å². The molecule has 5 heteroatoms. The number of hydrogen-bond donors (Lipinski definition) is 1. The Hall–Kier alpha value is -2.95. The first-order valence-electron chi connectivity index (χ1n) is 12.6. The fraction of sp³-hybridized carbons (Fsp3) is 0.333. The van der Waals surface area contributed by atoms with E-state index in [9.17, 15) is 9.59 Å². The zero-order valence-corrected chi connectivity index (χ0v) is 20.7.